The van der Waals surface area contributed by atoms with Crippen LogP contribution in [0.3, 0.4) is 0 Å². The van der Waals surface area contributed by atoms with Gasteiger partial charge in [-0.05, 0) is 0 Å². The summed E-state index contributed by atoms with van der Waals surface area (Å²) in [6, 6.07) is 0. The van der Waals surface area contributed by atoms with E-state index >= 15 is 0 Å². The van der Waals surface area contributed by atoms with Gasteiger partial charge in [-0.25, -0.2) is 0 Å². The minimum Gasteiger partial charge on any atom is -0.822 e. The summed E-state index contributed by atoms with van der Waals surface area (Å²) in [5.74, 6) is 0. The Morgan fingerprint density at radius 2 is 1.17 bits per heavy atom. The Morgan fingerprint density at radius 3 is 1.17 bits per heavy atom. The van der Waals surface area contributed by atoms with Crippen LogP contribution in [-0.4, -0.2) is 0 Å². The fourth-order valence-electron chi connectivity index (χ4n) is 0. The summed E-state index contributed by atoms with van der Waals surface area (Å²) >= 11 is 0. The molecule has 0 aromatic rings. The van der Waals surface area contributed by atoms with Crippen molar-refractivity contribution in [3.63, 3.8) is 0 Å². The largest absolute Gasteiger partial charge is 0.822 e. The molecule has 6 heteroatoms. The van der Waals surface area contributed by atoms with Crippen molar-refractivity contribution in [3.8, 4) is 0 Å². The van der Waals surface area contributed by atoms with E-state index in [9.17, 15) is 0 Å². The monoisotopic (exact) mass is 327 g/mol. The average Bonchev–Trinajstić information content (AvgIpc) is 0.722. The van der Waals surface area contributed by atoms with Crippen molar-refractivity contribution in [2.45, 2.75) is 0 Å². The first-order valence-corrected chi connectivity index (χ1v) is 2.19. The standard InChI is InChI=1S/H3O4P.Th/c1-5(2,3)4;/h(H3,1,2,3,4);/p-3. The quantitative estimate of drug-likeness (QED) is 0.449. The second kappa shape index (κ2) is 3.44. The van der Waals surface area contributed by atoms with Crippen molar-refractivity contribution in [2.75, 3.05) is 0 Å². The van der Waals surface area contributed by atoms with Gasteiger partial charge in [0.15, 0.2) is 0 Å². The van der Waals surface area contributed by atoms with Crippen LogP contribution in [0.5, 0.6) is 0 Å². The third kappa shape index (κ3) is 51.9. The third-order valence-electron chi connectivity index (χ3n) is 0. The Bertz CT molecular complexity index is 53.7. The molecule has 0 radical (unpaired) electrons. The van der Waals surface area contributed by atoms with Gasteiger partial charge in [-0.2, -0.15) is 7.82 Å². The van der Waals surface area contributed by atoms with Crippen molar-refractivity contribution < 1.29 is 59.2 Å². The molecule has 0 N–H and O–H groups in total. The molecule has 4 nitrogen and oxygen atoms in total. The molecule has 6 heavy (non-hydrogen) atoms. The van der Waals surface area contributed by atoms with Crippen LogP contribution in [0.25, 0.3) is 0 Å². The second-order valence-electron chi connectivity index (χ2n) is 0.447. The number of rotatable bonds is 0. The summed E-state index contributed by atoms with van der Waals surface area (Å²) in [6.07, 6.45) is 0. The predicted molar refractivity (Wildman–Crippen MR) is 7.61 cm³/mol. The Labute approximate surface area is 66.5 Å². The van der Waals surface area contributed by atoms with Gasteiger partial charge in [0.2, 0.25) is 0 Å². The van der Waals surface area contributed by atoms with E-state index < -0.39 is 7.82 Å². The maximum absolute atomic E-state index is 8.55. The summed E-state index contributed by atoms with van der Waals surface area (Å²) in [5, 5.41) is 0. The first-order valence-electron chi connectivity index (χ1n) is 0.730. The van der Waals surface area contributed by atoms with Gasteiger partial charge in [0.1, 0.15) is 0 Å². The molecule has 36 valence electrons. The Morgan fingerprint density at radius 1 is 1.17 bits per heavy atom. The van der Waals surface area contributed by atoms with Crippen molar-refractivity contribution in [2.24, 2.45) is 0 Å². The molecule has 0 bridgehead atoms. The molecule has 0 saturated heterocycles. The topological polar surface area (TPSA) is 86.2 Å². The van der Waals surface area contributed by atoms with E-state index in [1.54, 1.807) is 0 Å². The van der Waals surface area contributed by atoms with Crippen LogP contribution in [0.2, 0.25) is 0 Å². The zero-order chi connectivity index (χ0) is 4.50. The van der Waals surface area contributed by atoms with Crippen LogP contribution in [0.1, 0.15) is 0 Å². The van der Waals surface area contributed by atoms with Crippen LogP contribution in [0.15, 0.2) is 0 Å². The van der Waals surface area contributed by atoms with E-state index in [1.807, 2.05) is 0 Å². The van der Waals surface area contributed by atoms with Crippen LogP contribution < -0.4 is 14.7 Å². The van der Waals surface area contributed by atoms with Gasteiger partial charge < -0.3 is 19.2 Å². The summed E-state index contributed by atoms with van der Waals surface area (Å²) in [4.78, 5) is 25.6. The Hall–Kier alpha value is 1.43. The molecule has 0 aliphatic heterocycles. The molecular formula is O4PTh-3. The van der Waals surface area contributed by atoms with Crippen LogP contribution in [0, 0.1) is 39.9 Å². The zero-order valence-corrected chi connectivity index (χ0v) is 7.58. The molecule has 0 amide bonds. The van der Waals surface area contributed by atoms with Crippen molar-refractivity contribution in [3.05, 3.63) is 0 Å². The molecule has 0 aliphatic carbocycles. The van der Waals surface area contributed by atoms with Crippen LogP contribution in [-0.2, 0) is 4.57 Å². The SMILES string of the molecule is O=P([O-])([O-])[O-].[Th]. The average molecular weight is 327 g/mol. The maximum atomic E-state index is 8.55. The minimum absolute atomic E-state index is 0. The second-order valence-corrected chi connectivity index (χ2v) is 1.34. The fourth-order valence-corrected chi connectivity index (χ4v) is 0. The van der Waals surface area contributed by atoms with Crippen molar-refractivity contribution >= 4 is 7.82 Å². The summed E-state index contributed by atoms with van der Waals surface area (Å²) < 4.78 is 8.55. The van der Waals surface area contributed by atoms with Crippen molar-refractivity contribution in [1.29, 1.82) is 0 Å². The van der Waals surface area contributed by atoms with Crippen LogP contribution >= 0.6 is 7.82 Å². The number of hydrogen-bond donors (Lipinski definition) is 0. The van der Waals surface area contributed by atoms with E-state index in [4.69, 9.17) is 19.2 Å². The molecule has 0 fully saturated rings. The van der Waals surface area contributed by atoms with E-state index in [0.717, 1.165) is 0 Å². The Balaban J connectivity index is 0. The molecule has 0 aromatic heterocycles. The summed E-state index contributed by atoms with van der Waals surface area (Å²) in [6.45, 7) is 0. The third-order valence-corrected chi connectivity index (χ3v) is 0. The molecule has 0 aliphatic rings. The maximum Gasteiger partial charge on any atom is 0 e. The fraction of sp³-hybridized carbons (Fsp3) is 0. The van der Waals surface area contributed by atoms with E-state index in [-0.39, 0.29) is 39.9 Å². The Kier molecular flexibility index (Phi) is 5.97. The summed E-state index contributed by atoms with van der Waals surface area (Å²) in [7, 11) is -5.39. The van der Waals surface area contributed by atoms with Gasteiger partial charge in [0.25, 0.3) is 0 Å². The molecule has 0 aromatic carbocycles. The van der Waals surface area contributed by atoms with Gasteiger partial charge >= 0.3 is 0 Å². The molecule has 0 rings (SSSR count). The molecule has 0 saturated carbocycles. The van der Waals surface area contributed by atoms with Gasteiger partial charge in [0, 0.05) is 39.9 Å². The summed E-state index contributed by atoms with van der Waals surface area (Å²) in [5.41, 5.74) is 0. The molecule has 0 atom stereocenters. The number of hydrogen-bond acceptors (Lipinski definition) is 4. The van der Waals surface area contributed by atoms with E-state index in [1.165, 1.54) is 0 Å². The first-order chi connectivity index (χ1) is 2.00. The minimum atomic E-state index is -5.39. The zero-order valence-electron chi connectivity index (χ0n) is 2.58. The molecule has 0 spiro atoms. The normalized spacial score (nSPS) is 9.83. The van der Waals surface area contributed by atoms with Gasteiger partial charge in [-0.3, -0.25) is 0 Å². The van der Waals surface area contributed by atoms with E-state index in [0.29, 0.717) is 0 Å². The van der Waals surface area contributed by atoms with Gasteiger partial charge in [-0.15, -0.1) is 0 Å². The molecule has 0 unspecified atom stereocenters. The first kappa shape index (κ1) is 10.4. The van der Waals surface area contributed by atoms with E-state index in [2.05, 4.69) is 0 Å². The molecule has 0 heterocycles. The van der Waals surface area contributed by atoms with Crippen molar-refractivity contribution in [1.82, 2.24) is 0 Å². The predicted octanol–water partition coefficient (Wildman–Crippen LogP) is -2.82. The van der Waals surface area contributed by atoms with Crippen LogP contribution in [0.4, 0.5) is 0 Å². The molecular weight excluding hydrogens is 327 g/mol. The smallest absolute Gasteiger partial charge is 0 e. The van der Waals surface area contributed by atoms with Gasteiger partial charge in [0.05, 0.1) is 0 Å². The van der Waals surface area contributed by atoms with Gasteiger partial charge in [-0.1, -0.05) is 0 Å². The number of phosphoric acid groups is 1.